The van der Waals surface area contributed by atoms with Gasteiger partial charge in [-0.15, -0.1) is 0 Å². The normalized spacial score (nSPS) is 10.2. The van der Waals surface area contributed by atoms with Gasteiger partial charge in [0.05, 0.1) is 5.56 Å². The van der Waals surface area contributed by atoms with Crippen LogP contribution in [-0.4, -0.2) is 16.1 Å². The number of pyridine rings is 1. The van der Waals surface area contributed by atoms with Crippen molar-refractivity contribution < 1.29 is 9.90 Å². The zero-order chi connectivity index (χ0) is 13.8. The maximum Gasteiger partial charge on any atom is 0.337 e. The first-order valence-electron chi connectivity index (χ1n) is 5.84. The molecule has 0 saturated heterocycles. The third-order valence-corrected chi connectivity index (χ3v) is 2.75. The Hall–Kier alpha value is -2.56. The van der Waals surface area contributed by atoms with Gasteiger partial charge in [0, 0.05) is 29.8 Å². The number of carboxylic acids is 1. The van der Waals surface area contributed by atoms with Crippen LogP contribution < -0.4 is 11.1 Å². The van der Waals surface area contributed by atoms with Gasteiger partial charge in [0.1, 0.15) is 0 Å². The summed E-state index contributed by atoms with van der Waals surface area (Å²) < 4.78 is 0. The number of nitrogens with one attached hydrogen (secondary N) is 1. The highest BCUT2D eigenvalue weighted by Gasteiger charge is 2.07. The number of nitrogen functional groups attached to an aromatic ring is 1. The Morgan fingerprint density at radius 3 is 2.74 bits per heavy atom. The van der Waals surface area contributed by atoms with Gasteiger partial charge in [-0.2, -0.15) is 0 Å². The van der Waals surface area contributed by atoms with Crippen LogP contribution in [0.4, 0.5) is 11.4 Å². The van der Waals surface area contributed by atoms with Crippen LogP contribution in [0.5, 0.6) is 0 Å². The molecule has 0 spiro atoms. The van der Waals surface area contributed by atoms with E-state index in [1.165, 1.54) is 6.07 Å². The molecule has 1 aromatic heterocycles. The Morgan fingerprint density at radius 2 is 2.16 bits per heavy atom. The average Bonchev–Trinajstić information content (AvgIpc) is 2.37. The molecule has 19 heavy (non-hydrogen) atoms. The summed E-state index contributed by atoms with van der Waals surface area (Å²) in [7, 11) is 0. The molecule has 0 bridgehead atoms. The summed E-state index contributed by atoms with van der Waals surface area (Å²) in [6.07, 6.45) is 1.80. The van der Waals surface area contributed by atoms with Gasteiger partial charge in [-0.05, 0) is 36.8 Å². The van der Waals surface area contributed by atoms with E-state index in [1.54, 1.807) is 18.3 Å². The SMILES string of the molecule is Cc1ccc(CNc2ccc(C(=O)O)c(N)c2)cn1. The number of carbonyl (C=O) groups is 1. The number of rotatable bonds is 4. The lowest BCUT2D eigenvalue weighted by Crippen LogP contribution is -2.05. The molecule has 5 nitrogen and oxygen atoms in total. The molecule has 0 aliphatic carbocycles. The number of benzene rings is 1. The molecule has 0 saturated carbocycles. The van der Waals surface area contributed by atoms with Crippen molar-refractivity contribution in [1.82, 2.24) is 4.98 Å². The van der Waals surface area contributed by atoms with E-state index >= 15 is 0 Å². The number of hydrogen-bond donors (Lipinski definition) is 3. The molecule has 98 valence electrons. The molecule has 5 heteroatoms. The largest absolute Gasteiger partial charge is 0.478 e. The number of nitrogens with zero attached hydrogens (tertiary/aromatic N) is 1. The fourth-order valence-electron chi connectivity index (χ4n) is 1.67. The molecule has 2 rings (SSSR count). The highest BCUT2D eigenvalue weighted by Crippen LogP contribution is 2.18. The van der Waals surface area contributed by atoms with Gasteiger partial charge in [-0.3, -0.25) is 4.98 Å². The van der Waals surface area contributed by atoms with E-state index in [9.17, 15) is 4.79 Å². The summed E-state index contributed by atoms with van der Waals surface area (Å²) >= 11 is 0. The first-order valence-corrected chi connectivity index (χ1v) is 5.84. The van der Waals surface area contributed by atoms with E-state index < -0.39 is 5.97 Å². The number of aromatic nitrogens is 1. The van der Waals surface area contributed by atoms with E-state index in [1.807, 2.05) is 19.1 Å². The molecular weight excluding hydrogens is 242 g/mol. The lowest BCUT2D eigenvalue weighted by atomic mass is 10.1. The van der Waals surface area contributed by atoms with Crippen LogP contribution in [0, 0.1) is 6.92 Å². The third-order valence-electron chi connectivity index (χ3n) is 2.75. The fourth-order valence-corrected chi connectivity index (χ4v) is 1.67. The summed E-state index contributed by atoms with van der Waals surface area (Å²) in [5, 5.41) is 12.1. The second-order valence-corrected chi connectivity index (χ2v) is 4.27. The molecule has 0 aliphatic heterocycles. The van der Waals surface area contributed by atoms with Gasteiger partial charge in [0.15, 0.2) is 0 Å². The molecule has 1 heterocycles. The minimum absolute atomic E-state index is 0.113. The minimum atomic E-state index is -1.02. The number of aryl methyl sites for hydroxylation is 1. The van der Waals surface area contributed by atoms with Crippen molar-refractivity contribution in [3.05, 3.63) is 53.3 Å². The first kappa shape index (κ1) is 12.9. The quantitative estimate of drug-likeness (QED) is 0.731. The van der Waals surface area contributed by atoms with E-state index in [-0.39, 0.29) is 11.3 Å². The number of anilines is 2. The summed E-state index contributed by atoms with van der Waals surface area (Å²) in [4.78, 5) is 15.0. The van der Waals surface area contributed by atoms with Crippen LogP contribution in [0.25, 0.3) is 0 Å². The Kier molecular flexibility index (Phi) is 3.66. The zero-order valence-electron chi connectivity index (χ0n) is 10.6. The molecule has 0 fully saturated rings. The molecule has 0 radical (unpaired) electrons. The van der Waals surface area contributed by atoms with Crippen molar-refractivity contribution in [2.75, 3.05) is 11.1 Å². The van der Waals surface area contributed by atoms with E-state index in [0.29, 0.717) is 6.54 Å². The van der Waals surface area contributed by atoms with Crippen molar-refractivity contribution >= 4 is 17.3 Å². The summed E-state index contributed by atoms with van der Waals surface area (Å²) in [6.45, 7) is 2.54. The Bertz CT molecular complexity index is 594. The molecule has 1 aromatic carbocycles. The molecule has 4 N–H and O–H groups in total. The molecule has 0 amide bonds. The third kappa shape index (κ3) is 3.22. The van der Waals surface area contributed by atoms with Gasteiger partial charge < -0.3 is 16.2 Å². The molecule has 0 unspecified atom stereocenters. The van der Waals surface area contributed by atoms with Crippen LogP contribution in [0.3, 0.4) is 0 Å². The van der Waals surface area contributed by atoms with E-state index in [2.05, 4.69) is 10.3 Å². The van der Waals surface area contributed by atoms with Crippen molar-refractivity contribution in [3.63, 3.8) is 0 Å². The van der Waals surface area contributed by atoms with Gasteiger partial charge in [-0.25, -0.2) is 4.79 Å². The molecule has 2 aromatic rings. The maximum absolute atomic E-state index is 10.8. The average molecular weight is 257 g/mol. The summed E-state index contributed by atoms with van der Waals surface area (Å²) in [5.41, 5.74) is 8.84. The predicted molar refractivity (Wildman–Crippen MR) is 74.1 cm³/mol. The second-order valence-electron chi connectivity index (χ2n) is 4.27. The lowest BCUT2D eigenvalue weighted by Gasteiger charge is -2.08. The Balaban J connectivity index is 2.06. The fraction of sp³-hybridized carbons (Fsp3) is 0.143. The van der Waals surface area contributed by atoms with Crippen molar-refractivity contribution in [3.8, 4) is 0 Å². The number of aromatic carboxylic acids is 1. The van der Waals surface area contributed by atoms with Gasteiger partial charge in [0.25, 0.3) is 0 Å². The van der Waals surface area contributed by atoms with Gasteiger partial charge >= 0.3 is 5.97 Å². The van der Waals surface area contributed by atoms with Crippen LogP contribution in [0.15, 0.2) is 36.5 Å². The molecule has 0 aliphatic rings. The minimum Gasteiger partial charge on any atom is -0.478 e. The van der Waals surface area contributed by atoms with Crippen LogP contribution >= 0.6 is 0 Å². The molecule has 0 atom stereocenters. The highest BCUT2D eigenvalue weighted by molar-refractivity contribution is 5.94. The van der Waals surface area contributed by atoms with Crippen molar-refractivity contribution in [2.45, 2.75) is 13.5 Å². The topological polar surface area (TPSA) is 88.2 Å². The van der Waals surface area contributed by atoms with Crippen LogP contribution in [-0.2, 0) is 6.54 Å². The monoisotopic (exact) mass is 257 g/mol. The van der Waals surface area contributed by atoms with Gasteiger partial charge in [0.2, 0.25) is 0 Å². The van der Waals surface area contributed by atoms with Crippen molar-refractivity contribution in [1.29, 1.82) is 0 Å². The van der Waals surface area contributed by atoms with E-state index in [4.69, 9.17) is 10.8 Å². The van der Waals surface area contributed by atoms with Crippen LogP contribution in [0.1, 0.15) is 21.6 Å². The highest BCUT2D eigenvalue weighted by atomic mass is 16.4. The Labute approximate surface area is 111 Å². The summed E-state index contributed by atoms with van der Waals surface area (Å²) in [5.74, 6) is -1.02. The second kappa shape index (κ2) is 5.39. The number of carboxylic acid groups (broad SMARTS) is 1. The van der Waals surface area contributed by atoms with Gasteiger partial charge in [-0.1, -0.05) is 6.07 Å². The summed E-state index contributed by atoms with van der Waals surface area (Å²) in [6, 6.07) is 8.74. The first-order chi connectivity index (χ1) is 9.06. The zero-order valence-corrected chi connectivity index (χ0v) is 10.6. The smallest absolute Gasteiger partial charge is 0.337 e. The maximum atomic E-state index is 10.8. The lowest BCUT2D eigenvalue weighted by molar-refractivity contribution is 0.0698. The standard InChI is InChI=1S/C14H15N3O2/c1-9-2-3-10(7-16-9)8-17-11-4-5-12(14(18)19)13(15)6-11/h2-7,17H,8,15H2,1H3,(H,18,19). The number of nitrogens with two attached hydrogens (primary N) is 1. The predicted octanol–water partition coefficient (Wildman–Crippen LogP) is 2.28. The number of hydrogen-bond acceptors (Lipinski definition) is 4. The molecular formula is C14H15N3O2. The van der Waals surface area contributed by atoms with Crippen molar-refractivity contribution in [2.24, 2.45) is 0 Å². The van der Waals surface area contributed by atoms with E-state index in [0.717, 1.165) is 16.9 Å². The Morgan fingerprint density at radius 1 is 1.37 bits per heavy atom. The van der Waals surface area contributed by atoms with Crippen LogP contribution in [0.2, 0.25) is 0 Å².